The SMILES string of the molecule is CC(Nc1cc(-c2ccc3c(ccn3C)c2)c2nccnc2c1)c1cccnc1.Cn1ccc2ccc(-c3cc(NCc4cccc(-c5nn[nH]n5)c4)cc4nccnc34)cc21.Cn1ccc2ccc(-c3cc(NCc4cccc(C(N)=O)c4)cc4nccnc34)cc21. The van der Waals surface area contributed by atoms with Crippen LogP contribution in [0.2, 0.25) is 0 Å². The number of hydrogen-bond donors (Lipinski definition) is 5. The van der Waals surface area contributed by atoms with Gasteiger partial charge in [0.15, 0.2) is 0 Å². The van der Waals surface area contributed by atoms with Gasteiger partial charge in [-0.15, -0.1) is 10.2 Å². The molecule has 8 heterocycles. The van der Waals surface area contributed by atoms with Gasteiger partial charge in [0.1, 0.15) is 0 Å². The summed E-state index contributed by atoms with van der Waals surface area (Å²) in [4.78, 5) is 43.2. The number of rotatable bonds is 14. The minimum Gasteiger partial charge on any atom is -0.381 e. The average molecular weight is 1220 g/mol. The molecule has 0 spiro atoms. The van der Waals surface area contributed by atoms with Gasteiger partial charge in [-0.2, -0.15) is 5.21 Å². The van der Waals surface area contributed by atoms with Gasteiger partial charge in [-0.1, -0.05) is 66.7 Å². The third kappa shape index (κ3) is 12.5. The Kier molecular flexibility index (Phi) is 16.0. The number of aromatic nitrogens is 14. The average Bonchev–Trinajstić information content (AvgIpc) is 1.87. The van der Waals surface area contributed by atoms with Gasteiger partial charge < -0.3 is 35.4 Å². The molecule has 1 unspecified atom stereocenters. The van der Waals surface area contributed by atoms with E-state index < -0.39 is 5.91 Å². The van der Waals surface area contributed by atoms with E-state index in [-0.39, 0.29) is 6.04 Å². The molecule has 0 saturated carbocycles. The number of nitrogens with one attached hydrogen (secondary N) is 4. The number of hydrogen-bond acceptors (Lipinski definition) is 14. The van der Waals surface area contributed by atoms with Gasteiger partial charge in [0.25, 0.3) is 0 Å². The zero-order chi connectivity index (χ0) is 63.4. The van der Waals surface area contributed by atoms with Crippen LogP contribution >= 0.6 is 0 Å². The number of fused-ring (bicyclic) bond motifs is 6. The second kappa shape index (κ2) is 25.5. The molecule has 8 aromatic heterocycles. The molecule has 6 N–H and O–H groups in total. The number of nitrogens with zero attached hydrogens (tertiary/aromatic N) is 13. The van der Waals surface area contributed by atoms with Crippen LogP contribution < -0.4 is 21.7 Å². The molecule has 0 bridgehead atoms. The van der Waals surface area contributed by atoms with E-state index in [2.05, 4.69) is 240 Å². The van der Waals surface area contributed by atoms with E-state index in [9.17, 15) is 4.79 Å². The Balaban J connectivity index is 0.000000121. The van der Waals surface area contributed by atoms with E-state index in [0.717, 1.165) is 111 Å². The largest absolute Gasteiger partial charge is 0.381 e. The van der Waals surface area contributed by atoms with Crippen LogP contribution in [0.5, 0.6) is 0 Å². The number of aryl methyl sites for hydroxylation is 3. The molecule has 93 heavy (non-hydrogen) atoms. The van der Waals surface area contributed by atoms with Gasteiger partial charge in [0.2, 0.25) is 11.7 Å². The second-order valence-corrected chi connectivity index (χ2v) is 22.8. The summed E-state index contributed by atoms with van der Waals surface area (Å²) in [7, 11) is 6.17. The highest BCUT2D eigenvalue weighted by Crippen LogP contribution is 2.36. The van der Waals surface area contributed by atoms with Crippen LogP contribution in [0.1, 0.15) is 40.0 Å². The van der Waals surface area contributed by atoms with E-state index in [1.165, 1.54) is 27.2 Å². The smallest absolute Gasteiger partial charge is 0.248 e. The molecular formula is C74H62N18O. The van der Waals surface area contributed by atoms with E-state index in [1.54, 1.807) is 55.5 Å². The summed E-state index contributed by atoms with van der Waals surface area (Å²) in [6.07, 6.45) is 20.3. The Morgan fingerprint density at radius 2 is 1.00 bits per heavy atom. The lowest BCUT2D eigenvalue weighted by Crippen LogP contribution is -2.11. The molecule has 0 radical (unpaired) electrons. The first-order valence-corrected chi connectivity index (χ1v) is 30.3. The first-order valence-electron chi connectivity index (χ1n) is 30.3. The van der Waals surface area contributed by atoms with Gasteiger partial charge in [-0.05, 0) is 159 Å². The minimum absolute atomic E-state index is 0.127. The van der Waals surface area contributed by atoms with Crippen LogP contribution in [-0.4, -0.2) is 75.1 Å². The molecular weight excluding hydrogens is 1160 g/mol. The number of anilines is 3. The van der Waals surface area contributed by atoms with Crippen LogP contribution in [0.4, 0.5) is 17.1 Å². The molecule has 0 saturated heterocycles. The number of tetrazole rings is 1. The van der Waals surface area contributed by atoms with Gasteiger partial charge >= 0.3 is 0 Å². The number of aromatic amines is 1. The summed E-state index contributed by atoms with van der Waals surface area (Å²) in [5, 5.41) is 28.5. The van der Waals surface area contributed by atoms with E-state index >= 15 is 0 Å². The standard InChI is InChI=1S/C25H20N8.C25H21N5O.C24H21N5/c1-33-10-7-17-5-6-18(12-23(17)33)21-13-20(14-22-24(21)27-9-8-26-22)28-15-16-3-2-4-19(11-16)25-29-31-32-30-25;1-30-10-7-17-5-6-18(12-23(17)30)21-13-20(14-22-24(21)28-9-8-27-22)29-15-16-3-2-4-19(11-16)25(26)31;1-16(19-4-3-8-25-15-19)28-20-13-21(24-22(14-20)26-9-10-27-24)17-5-6-23-18(12-17)7-11-29(23)2/h2-14,28H,15H2,1H3,(H,29,30,31,32);2-14,29H,15H2,1H3,(H2,26,31);3-16,28H,1-2H3. The Hall–Kier alpha value is -12.5. The lowest BCUT2D eigenvalue weighted by Gasteiger charge is -2.17. The summed E-state index contributed by atoms with van der Waals surface area (Å²) in [5.74, 6) is 0.150. The van der Waals surface area contributed by atoms with Gasteiger partial charge in [-0.3, -0.25) is 39.7 Å². The Morgan fingerprint density at radius 3 is 1.56 bits per heavy atom. The van der Waals surface area contributed by atoms with Crippen molar-refractivity contribution in [3.05, 3.63) is 260 Å². The molecule has 19 nitrogen and oxygen atoms in total. The fourth-order valence-corrected chi connectivity index (χ4v) is 11.8. The Labute approximate surface area is 534 Å². The number of pyridine rings is 1. The molecule has 0 aliphatic rings. The number of H-pyrrole nitrogens is 1. The van der Waals surface area contributed by atoms with Gasteiger partial charge in [0.05, 0.1) is 39.1 Å². The summed E-state index contributed by atoms with van der Waals surface area (Å²) in [5.41, 5.74) is 28.2. The maximum Gasteiger partial charge on any atom is 0.248 e. The van der Waals surface area contributed by atoms with Crippen molar-refractivity contribution in [2.45, 2.75) is 26.1 Å². The number of nitrogens with two attached hydrogens (primary N) is 1. The zero-order valence-corrected chi connectivity index (χ0v) is 51.3. The summed E-state index contributed by atoms with van der Waals surface area (Å²) in [6, 6.07) is 57.9. The van der Waals surface area contributed by atoms with Crippen molar-refractivity contribution in [3.8, 4) is 44.8 Å². The third-order valence-corrected chi connectivity index (χ3v) is 16.6. The third-order valence-electron chi connectivity index (χ3n) is 16.6. The zero-order valence-electron chi connectivity index (χ0n) is 51.3. The molecule has 1 amide bonds. The summed E-state index contributed by atoms with van der Waals surface area (Å²) in [6.45, 7) is 3.34. The molecule has 16 rings (SSSR count). The molecule has 8 aromatic carbocycles. The van der Waals surface area contributed by atoms with Crippen LogP contribution in [0.25, 0.3) is 111 Å². The molecule has 454 valence electrons. The lowest BCUT2D eigenvalue weighted by atomic mass is 10.0. The molecule has 1 atom stereocenters. The van der Waals surface area contributed by atoms with Crippen molar-refractivity contribution in [2.24, 2.45) is 26.9 Å². The van der Waals surface area contributed by atoms with E-state index in [0.29, 0.717) is 24.5 Å². The predicted octanol–water partition coefficient (Wildman–Crippen LogP) is 14.4. The van der Waals surface area contributed by atoms with Gasteiger partial charge in [0, 0.05) is 169 Å². The molecule has 0 fully saturated rings. The first kappa shape index (κ1) is 58.2. The topological polar surface area (TPSA) is 239 Å². The fraction of sp³-hybridized carbons (Fsp3) is 0.0946. The molecule has 0 aliphatic carbocycles. The number of carbonyl (C=O) groups excluding carboxylic acids is 1. The maximum atomic E-state index is 11.5. The second-order valence-electron chi connectivity index (χ2n) is 22.8. The maximum absolute atomic E-state index is 11.5. The van der Waals surface area contributed by atoms with E-state index in [1.807, 2.05) is 55.7 Å². The number of primary amides is 1. The predicted molar refractivity (Wildman–Crippen MR) is 370 cm³/mol. The molecule has 19 heteroatoms. The number of carbonyl (C=O) groups is 1. The Morgan fingerprint density at radius 1 is 0.484 bits per heavy atom. The quantitative estimate of drug-likeness (QED) is 0.0681. The van der Waals surface area contributed by atoms with Crippen molar-refractivity contribution in [2.75, 3.05) is 16.0 Å². The van der Waals surface area contributed by atoms with Crippen LogP contribution in [0.3, 0.4) is 0 Å². The number of benzene rings is 8. The van der Waals surface area contributed by atoms with Crippen LogP contribution in [-0.2, 0) is 34.2 Å². The normalized spacial score (nSPS) is 11.6. The van der Waals surface area contributed by atoms with Crippen molar-refractivity contribution < 1.29 is 4.79 Å². The molecule has 16 aromatic rings. The van der Waals surface area contributed by atoms with Crippen molar-refractivity contribution >= 4 is 88.8 Å². The van der Waals surface area contributed by atoms with Gasteiger partial charge in [-0.25, -0.2) is 0 Å². The fourth-order valence-electron chi connectivity index (χ4n) is 11.8. The minimum atomic E-state index is -0.429. The monoisotopic (exact) mass is 1220 g/mol. The Bertz CT molecular complexity index is 5390. The van der Waals surface area contributed by atoms with Crippen molar-refractivity contribution in [1.29, 1.82) is 0 Å². The number of amides is 1. The highest BCUT2D eigenvalue weighted by atomic mass is 16.1. The van der Waals surface area contributed by atoms with Crippen LogP contribution in [0, 0.1) is 0 Å². The lowest BCUT2D eigenvalue weighted by molar-refractivity contribution is 0.1000. The first-order chi connectivity index (χ1) is 45.5. The highest BCUT2D eigenvalue weighted by Gasteiger charge is 2.16. The molecule has 0 aliphatic heterocycles. The summed E-state index contributed by atoms with van der Waals surface area (Å²) >= 11 is 0. The van der Waals surface area contributed by atoms with E-state index in [4.69, 9.17) is 5.73 Å². The van der Waals surface area contributed by atoms with Crippen molar-refractivity contribution in [1.82, 2.24) is 69.2 Å². The van der Waals surface area contributed by atoms with Crippen molar-refractivity contribution in [3.63, 3.8) is 0 Å². The highest BCUT2D eigenvalue weighted by molar-refractivity contribution is 6.00. The van der Waals surface area contributed by atoms with Crippen LogP contribution in [0.15, 0.2) is 238 Å². The summed E-state index contributed by atoms with van der Waals surface area (Å²) < 4.78 is 6.37.